The lowest BCUT2D eigenvalue weighted by molar-refractivity contribution is -0.138. The Hall–Kier alpha value is -2.60. The molecule has 0 amide bonds. The third kappa shape index (κ3) is 7.35. The molecule has 0 aromatic heterocycles. The van der Waals surface area contributed by atoms with Gasteiger partial charge in [0.1, 0.15) is 23.3 Å². The molecule has 6 nitrogen and oxygen atoms in total. The number of carbonyl (C=O) groups is 2. The molecular weight excluding hydrogens is 248 g/mol. The van der Waals surface area contributed by atoms with Gasteiger partial charge in [0.2, 0.25) is 0 Å². The number of unbranched alkanes of at least 4 members (excludes halogenated alkanes) is 2. The van der Waals surface area contributed by atoms with Crippen molar-refractivity contribution in [1.29, 1.82) is 10.5 Å². The zero-order chi connectivity index (χ0) is 14.7. The molecule has 0 fully saturated rings. The van der Waals surface area contributed by atoms with Crippen LogP contribution in [0.1, 0.15) is 19.3 Å². The summed E-state index contributed by atoms with van der Waals surface area (Å²) in [6, 6.07) is 3.19. The third-order valence-electron chi connectivity index (χ3n) is 2.02. The number of rotatable bonds is 8. The summed E-state index contributed by atoms with van der Waals surface area (Å²) in [6.45, 7) is 6.79. The van der Waals surface area contributed by atoms with E-state index in [0.29, 0.717) is 19.3 Å². The number of ether oxygens (including phenoxy) is 2. The molecule has 0 spiro atoms. The fourth-order valence-corrected chi connectivity index (χ4v) is 0.976. The molecule has 0 saturated heterocycles. The van der Waals surface area contributed by atoms with E-state index >= 15 is 0 Å². The maximum atomic E-state index is 11.0. The lowest BCUT2D eigenvalue weighted by atomic mass is 10.2. The Morgan fingerprint density at radius 2 is 1.21 bits per heavy atom. The van der Waals surface area contributed by atoms with E-state index in [4.69, 9.17) is 20.0 Å². The maximum absolute atomic E-state index is 11.0. The van der Waals surface area contributed by atoms with Crippen molar-refractivity contribution in [1.82, 2.24) is 0 Å². The van der Waals surface area contributed by atoms with Crippen molar-refractivity contribution in [3.63, 3.8) is 0 Å². The quantitative estimate of drug-likeness (QED) is 0.283. The summed E-state index contributed by atoms with van der Waals surface area (Å²) in [6.07, 6.45) is 1.85. The van der Waals surface area contributed by atoms with Gasteiger partial charge in [-0.25, -0.2) is 9.59 Å². The molecule has 0 heterocycles. The van der Waals surface area contributed by atoms with E-state index in [1.807, 2.05) is 0 Å². The second-order valence-electron chi connectivity index (χ2n) is 3.51. The highest BCUT2D eigenvalue weighted by Crippen LogP contribution is 2.01. The van der Waals surface area contributed by atoms with Crippen molar-refractivity contribution in [2.24, 2.45) is 0 Å². The molecule has 0 atom stereocenters. The van der Waals surface area contributed by atoms with Crippen molar-refractivity contribution in [2.75, 3.05) is 13.2 Å². The predicted molar refractivity (Wildman–Crippen MR) is 65.3 cm³/mol. The predicted octanol–water partition coefficient (Wildman–Crippen LogP) is 1.40. The Balaban J connectivity index is 3.53. The average molecular weight is 262 g/mol. The number of hydrogen-bond donors (Lipinski definition) is 0. The minimum Gasteiger partial charge on any atom is -0.462 e. The van der Waals surface area contributed by atoms with Crippen LogP contribution in [0.2, 0.25) is 0 Å². The second kappa shape index (κ2) is 9.43. The molecule has 0 rings (SSSR count). The summed E-state index contributed by atoms with van der Waals surface area (Å²) in [5.41, 5.74) is -0.465. The highest BCUT2D eigenvalue weighted by molar-refractivity contribution is 5.92. The van der Waals surface area contributed by atoms with Crippen LogP contribution in [0.4, 0.5) is 0 Å². The number of hydrogen-bond acceptors (Lipinski definition) is 6. The van der Waals surface area contributed by atoms with Crippen molar-refractivity contribution in [2.45, 2.75) is 19.3 Å². The monoisotopic (exact) mass is 262 g/mol. The molecule has 0 saturated carbocycles. The zero-order valence-electron chi connectivity index (χ0n) is 10.5. The van der Waals surface area contributed by atoms with Gasteiger partial charge in [-0.1, -0.05) is 13.2 Å². The van der Waals surface area contributed by atoms with Gasteiger partial charge in [-0.05, 0) is 19.3 Å². The SMILES string of the molecule is C=C(C#N)C(=O)OCCCCCOC(=O)C(=C)C#N. The van der Waals surface area contributed by atoms with E-state index in [1.165, 1.54) is 0 Å². The number of nitriles is 2. The number of carbonyl (C=O) groups excluding carboxylic acids is 2. The summed E-state index contributed by atoms with van der Waals surface area (Å²) < 4.78 is 9.50. The van der Waals surface area contributed by atoms with E-state index in [9.17, 15) is 9.59 Å². The molecule has 0 aliphatic heterocycles. The van der Waals surface area contributed by atoms with Crippen LogP contribution in [0.15, 0.2) is 24.3 Å². The normalized spacial score (nSPS) is 8.74. The Morgan fingerprint density at radius 3 is 1.53 bits per heavy atom. The summed E-state index contributed by atoms with van der Waals surface area (Å²) in [4.78, 5) is 22.0. The Kier molecular flexibility index (Phi) is 8.14. The summed E-state index contributed by atoms with van der Waals surface area (Å²) in [5, 5.41) is 16.7. The molecule has 0 aromatic rings. The lowest BCUT2D eigenvalue weighted by Gasteiger charge is -2.04. The zero-order valence-corrected chi connectivity index (χ0v) is 10.5. The van der Waals surface area contributed by atoms with Gasteiger partial charge in [-0.2, -0.15) is 10.5 Å². The topological polar surface area (TPSA) is 100 Å². The van der Waals surface area contributed by atoms with E-state index in [-0.39, 0.29) is 24.4 Å². The van der Waals surface area contributed by atoms with Crippen molar-refractivity contribution in [3.8, 4) is 12.1 Å². The van der Waals surface area contributed by atoms with Crippen LogP contribution in [-0.2, 0) is 19.1 Å². The van der Waals surface area contributed by atoms with Gasteiger partial charge in [0.25, 0.3) is 0 Å². The number of nitrogens with zero attached hydrogens (tertiary/aromatic N) is 2. The highest BCUT2D eigenvalue weighted by Gasteiger charge is 2.07. The Bertz CT molecular complexity index is 412. The Labute approximate surface area is 111 Å². The van der Waals surface area contributed by atoms with Crippen LogP contribution in [0.25, 0.3) is 0 Å². The smallest absolute Gasteiger partial charge is 0.348 e. The second-order valence-corrected chi connectivity index (χ2v) is 3.51. The highest BCUT2D eigenvalue weighted by atomic mass is 16.5. The molecule has 0 N–H and O–H groups in total. The first-order valence-electron chi connectivity index (χ1n) is 5.55. The van der Waals surface area contributed by atoms with Crippen molar-refractivity contribution in [3.05, 3.63) is 24.3 Å². The first-order valence-corrected chi connectivity index (χ1v) is 5.55. The standard InChI is InChI=1S/C13H14N2O4/c1-10(8-14)12(16)18-6-4-3-5-7-19-13(17)11(2)9-15/h1-7H2. The third-order valence-corrected chi connectivity index (χ3v) is 2.02. The summed E-state index contributed by atoms with van der Waals surface area (Å²) in [7, 11) is 0. The van der Waals surface area contributed by atoms with Gasteiger partial charge in [-0.15, -0.1) is 0 Å². The van der Waals surface area contributed by atoms with Crippen LogP contribution in [0.5, 0.6) is 0 Å². The van der Waals surface area contributed by atoms with Crippen molar-refractivity contribution < 1.29 is 19.1 Å². The molecule has 0 aromatic carbocycles. The fraction of sp³-hybridized carbons (Fsp3) is 0.385. The minimum absolute atomic E-state index is 0.179. The Morgan fingerprint density at radius 1 is 0.842 bits per heavy atom. The van der Waals surface area contributed by atoms with Gasteiger partial charge in [0.05, 0.1) is 13.2 Å². The molecule has 0 aliphatic rings. The molecular formula is C13H14N2O4. The molecule has 19 heavy (non-hydrogen) atoms. The largest absolute Gasteiger partial charge is 0.462 e. The lowest BCUT2D eigenvalue weighted by Crippen LogP contribution is -2.08. The first-order chi connectivity index (χ1) is 9.02. The summed E-state index contributed by atoms with van der Waals surface area (Å²) >= 11 is 0. The van der Waals surface area contributed by atoms with Gasteiger partial charge in [0.15, 0.2) is 0 Å². The molecule has 0 radical (unpaired) electrons. The van der Waals surface area contributed by atoms with Crippen LogP contribution in [0.3, 0.4) is 0 Å². The molecule has 100 valence electrons. The van der Waals surface area contributed by atoms with Crippen LogP contribution >= 0.6 is 0 Å². The molecule has 0 aliphatic carbocycles. The number of esters is 2. The molecule has 0 unspecified atom stereocenters. The fourth-order valence-electron chi connectivity index (χ4n) is 0.976. The van der Waals surface area contributed by atoms with Crippen LogP contribution in [-0.4, -0.2) is 25.2 Å². The minimum atomic E-state index is -0.723. The van der Waals surface area contributed by atoms with Gasteiger partial charge < -0.3 is 9.47 Å². The maximum Gasteiger partial charge on any atom is 0.348 e. The van der Waals surface area contributed by atoms with E-state index in [0.717, 1.165) is 0 Å². The van der Waals surface area contributed by atoms with E-state index in [1.54, 1.807) is 12.1 Å². The van der Waals surface area contributed by atoms with Crippen LogP contribution < -0.4 is 0 Å². The van der Waals surface area contributed by atoms with Crippen molar-refractivity contribution >= 4 is 11.9 Å². The van der Waals surface area contributed by atoms with Crippen LogP contribution in [0, 0.1) is 22.7 Å². The molecule has 0 bridgehead atoms. The van der Waals surface area contributed by atoms with Gasteiger partial charge >= 0.3 is 11.9 Å². The van der Waals surface area contributed by atoms with E-state index in [2.05, 4.69) is 13.2 Å². The summed E-state index contributed by atoms with van der Waals surface area (Å²) in [5.74, 6) is -1.45. The van der Waals surface area contributed by atoms with E-state index < -0.39 is 11.9 Å². The van der Waals surface area contributed by atoms with Gasteiger partial charge in [0, 0.05) is 0 Å². The molecule has 6 heteroatoms. The average Bonchev–Trinajstić information content (AvgIpc) is 2.43. The van der Waals surface area contributed by atoms with Gasteiger partial charge in [-0.3, -0.25) is 0 Å². The first kappa shape index (κ1) is 16.4.